The smallest absolute Gasteiger partial charge is 0.291 e. The van der Waals surface area contributed by atoms with Crippen molar-refractivity contribution >= 4 is 38.9 Å². The van der Waals surface area contributed by atoms with Crippen molar-refractivity contribution in [3.63, 3.8) is 0 Å². The molecule has 21 heavy (non-hydrogen) atoms. The Hall–Kier alpha value is -1.99. The molecule has 0 saturated heterocycles. The quantitative estimate of drug-likeness (QED) is 0.797. The van der Waals surface area contributed by atoms with Gasteiger partial charge < -0.3 is 9.73 Å². The van der Waals surface area contributed by atoms with Crippen molar-refractivity contribution in [1.29, 1.82) is 0 Å². The summed E-state index contributed by atoms with van der Waals surface area (Å²) < 4.78 is 30.4. The molecular formula is C13H13ClN2O4S. The number of amides is 1. The molecule has 1 aromatic carbocycles. The molecule has 0 saturated carbocycles. The second kappa shape index (κ2) is 6.64. The predicted molar refractivity (Wildman–Crippen MR) is 81.2 cm³/mol. The number of alkyl halides is 1. The summed E-state index contributed by atoms with van der Waals surface area (Å²) in [7, 11) is -3.44. The molecule has 0 aliphatic heterocycles. The highest BCUT2D eigenvalue weighted by Crippen LogP contribution is 2.16. The van der Waals surface area contributed by atoms with E-state index < -0.39 is 10.0 Å². The molecule has 0 fully saturated rings. The topological polar surface area (TPSA) is 88.4 Å². The maximum Gasteiger partial charge on any atom is 0.291 e. The number of hydrogen-bond acceptors (Lipinski definition) is 4. The highest BCUT2D eigenvalue weighted by molar-refractivity contribution is 7.92. The van der Waals surface area contributed by atoms with Gasteiger partial charge in [0.1, 0.15) is 0 Å². The first-order valence-electron chi connectivity index (χ1n) is 6.01. The van der Waals surface area contributed by atoms with Gasteiger partial charge in [-0.1, -0.05) is 0 Å². The molecule has 2 aromatic rings. The summed E-state index contributed by atoms with van der Waals surface area (Å²) in [6.07, 6.45) is 1.41. The van der Waals surface area contributed by atoms with Gasteiger partial charge >= 0.3 is 0 Å². The monoisotopic (exact) mass is 328 g/mol. The fraction of sp³-hybridized carbons (Fsp3) is 0.154. The van der Waals surface area contributed by atoms with Gasteiger partial charge in [0.25, 0.3) is 5.91 Å². The fourth-order valence-electron chi connectivity index (χ4n) is 1.55. The van der Waals surface area contributed by atoms with Gasteiger partial charge in [-0.05, 0) is 36.4 Å². The molecule has 1 amide bonds. The summed E-state index contributed by atoms with van der Waals surface area (Å²) in [5.74, 6) is -0.324. The van der Waals surface area contributed by atoms with Crippen LogP contribution >= 0.6 is 11.6 Å². The second-order valence-electron chi connectivity index (χ2n) is 4.12. The average Bonchev–Trinajstić information content (AvgIpc) is 2.94. The zero-order valence-corrected chi connectivity index (χ0v) is 12.4. The van der Waals surface area contributed by atoms with Gasteiger partial charge in [-0.2, -0.15) is 0 Å². The normalized spacial score (nSPS) is 11.1. The number of anilines is 2. The Morgan fingerprint density at radius 2 is 1.81 bits per heavy atom. The molecule has 2 rings (SSSR count). The lowest BCUT2D eigenvalue weighted by atomic mass is 10.3. The van der Waals surface area contributed by atoms with Crippen molar-refractivity contribution in [2.24, 2.45) is 0 Å². The third-order valence-corrected chi connectivity index (χ3v) is 4.21. The third-order valence-electron chi connectivity index (χ3n) is 2.51. The minimum Gasteiger partial charge on any atom is -0.459 e. The van der Waals surface area contributed by atoms with E-state index in [1.54, 1.807) is 36.4 Å². The number of carbonyl (C=O) groups excluding carboxylic acids is 1. The Morgan fingerprint density at radius 1 is 1.14 bits per heavy atom. The number of nitrogens with one attached hydrogen (secondary N) is 2. The molecule has 0 aliphatic carbocycles. The Bertz CT molecular complexity index is 696. The molecule has 1 heterocycles. The Morgan fingerprint density at radius 3 is 2.38 bits per heavy atom. The molecule has 0 aliphatic rings. The third kappa shape index (κ3) is 4.51. The van der Waals surface area contributed by atoms with Crippen molar-refractivity contribution in [2.45, 2.75) is 0 Å². The van der Waals surface area contributed by atoms with E-state index in [0.717, 1.165) is 0 Å². The zero-order chi connectivity index (χ0) is 15.3. The van der Waals surface area contributed by atoms with E-state index in [2.05, 4.69) is 10.0 Å². The van der Waals surface area contributed by atoms with E-state index in [1.165, 1.54) is 6.26 Å². The molecule has 6 nitrogen and oxygen atoms in total. The van der Waals surface area contributed by atoms with E-state index in [9.17, 15) is 13.2 Å². The number of benzene rings is 1. The lowest BCUT2D eigenvalue weighted by Crippen LogP contribution is -2.17. The fourth-order valence-corrected chi connectivity index (χ4v) is 2.96. The minimum absolute atomic E-state index is 0.0205. The summed E-state index contributed by atoms with van der Waals surface area (Å²) in [4.78, 5) is 11.7. The number of sulfonamides is 1. The van der Waals surface area contributed by atoms with Crippen LogP contribution in [-0.2, 0) is 10.0 Å². The Kier molecular flexibility index (Phi) is 4.87. The van der Waals surface area contributed by atoms with Crippen LogP contribution in [0.15, 0.2) is 47.1 Å². The molecule has 0 spiro atoms. The van der Waals surface area contributed by atoms with Gasteiger partial charge in [-0.15, -0.1) is 11.6 Å². The van der Waals surface area contributed by atoms with E-state index in [4.69, 9.17) is 16.0 Å². The van der Waals surface area contributed by atoms with Crippen molar-refractivity contribution in [1.82, 2.24) is 0 Å². The van der Waals surface area contributed by atoms with Crippen LogP contribution in [0.5, 0.6) is 0 Å². The second-order valence-corrected chi connectivity index (χ2v) is 6.34. The van der Waals surface area contributed by atoms with E-state index in [1.807, 2.05) is 0 Å². The molecule has 0 unspecified atom stereocenters. The van der Waals surface area contributed by atoms with Gasteiger partial charge in [-0.25, -0.2) is 8.42 Å². The van der Waals surface area contributed by atoms with E-state index in [0.29, 0.717) is 11.4 Å². The number of carbonyl (C=O) groups is 1. The number of furan rings is 1. The molecule has 0 bridgehead atoms. The first-order chi connectivity index (χ1) is 10.00. The lowest BCUT2D eigenvalue weighted by molar-refractivity contribution is 0.0996. The van der Waals surface area contributed by atoms with Crippen LogP contribution in [-0.4, -0.2) is 26.0 Å². The van der Waals surface area contributed by atoms with Crippen molar-refractivity contribution in [2.75, 3.05) is 21.7 Å². The summed E-state index contributed by atoms with van der Waals surface area (Å²) in [5.41, 5.74) is 0.924. The summed E-state index contributed by atoms with van der Waals surface area (Å²) in [6, 6.07) is 9.42. The van der Waals surface area contributed by atoms with Crippen molar-refractivity contribution < 1.29 is 17.6 Å². The number of rotatable bonds is 6. The highest BCUT2D eigenvalue weighted by Gasteiger charge is 2.10. The standard InChI is InChI=1S/C13H13ClN2O4S/c14-7-9-21(18,19)16-11-5-3-10(4-6-11)15-13(17)12-2-1-8-20-12/h1-6,8,16H,7,9H2,(H,15,17). The molecule has 8 heteroatoms. The summed E-state index contributed by atoms with van der Waals surface area (Å²) >= 11 is 5.41. The molecule has 1 aromatic heterocycles. The number of halogens is 1. The Labute approximate surface area is 127 Å². The maximum atomic E-state index is 11.7. The SMILES string of the molecule is O=C(Nc1ccc(NS(=O)(=O)CCCl)cc1)c1ccco1. The highest BCUT2D eigenvalue weighted by atomic mass is 35.5. The first-order valence-corrected chi connectivity index (χ1v) is 8.20. The van der Waals surface area contributed by atoms with Gasteiger partial charge in [0.05, 0.1) is 12.0 Å². The van der Waals surface area contributed by atoms with Crippen LogP contribution in [0, 0.1) is 0 Å². The molecule has 0 atom stereocenters. The minimum atomic E-state index is -3.44. The summed E-state index contributed by atoms with van der Waals surface area (Å²) in [5, 5.41) is 2.63. The van der Waals surface area contributed by atoms with Crippen molar-refractivity contribution in [3.05, 3.63) is 48.4 Å². The van der Waals surface area contributed by atoms with Crippen LogP contribution in [0.3, 0.4) is 0 Å². The van der Waals surface area contributed by atoms with Crippen LogP contribution in [0.25, 0.3) is 0 Å². The molecule has 112 valence electrons. The van der Waals surface area contributed by atoms with E-state index in [-0.39, 0.29) is 23.3 Å². The largest absolute Gasteiger partial charge is 0.459 e. The van der Waals surface area contributed by atoms with Crippen LogP contribution in [0.1, 0.15) is 10.6 Å². The lowest BCUT2D eigenvalue weighted by Gasteiger charge is -2.08. The first kappa shape index (κ1) is 15.4. The molecular weight excluding hydrogens is 316 g/mol. The van der Waals surface area contributed by atoms with Gasteiger partial charge in [0.2, 0.25) is 10.0 Å². The van der Waals surface area contributed by atoms with Crippen molar-refractivity contribution in [3.8, 4) is 0 Å². The predicted octanol–water partition coefficient (Wildman–Crippen LogP) is 2.51. The van der Waals surface area contributed by atoms with Gasteiger partial charge in [-0.3, -0.25) is 9.52 Å². The van der Waals surface area contributed by atoms with Gasteiger partial charge in [0, 0.05) is 17.3 Å². The zero-order valence-electron chi connectivity index (χ0n) is 10.9. The van der Waals surface area contributed by atoms with E-state index >= 15 is 0 Å². The summed E-state index contributed by atoms with van der Waals surface area (Å²) in [6.45, 7) is 0. The average molecular weight is 329 g/mol. The molecule has 0 radical (unpaired) electrons. The Balaban J connectivity index is 2.01. The molecule has 2 N–H and O–H groups in total. The van der Waals surface area contributed by atoms with Crippen LogP contribution < -0.4 is 10.0 Å². The maximum absolute atomic E-state index is 11.7. The number of hydrogen-bond donors (Lipinski definition) is 2. The van der Waals surface area contributed by atoms with Crippen LogP contribution in [0.4, 0.5) is 11.4 Å². The van der Waals surface area contributed by atoms with Gasteiger partial charge in [0.15, 0.2) is 5.76 Å². The van der Waals surface area contributed by atoms with Crippen LogP contribution in [0.2, 0.25) is 0 Å².